The third-order valence-corrected chi connectivity index (χ3v) is 2.65. The fourth-order valence-corrected chi connectivity index (χ4v) is 1.63. The highest BCUT2D eigenvalue weighted by Crippen LogP contribution is 1.96. The predicted octanol–water partition coefficient (Wildman–Crippen LogP) is 2.45. The molecule has 1 aromatic rings. The van der Waals surface area contributed by atoms with E-state index < -0.39 is 0 Å². The van der Waals surface area contributed by atoms with Gasteiger partial charge in [-0.2, -0.15) is 4.98 Å². The van der Waals surface area contributed by atoms with Gasteiger partial charge in [-0.25, -0.2) is 0 Å². The Bertz CT molecular complexity index is 419. The van der Waals surface area contributed by atoms with Crippen LogP contribution in [-0.2, 0) is 6.42 Å². The topological polar surface area (TPSA) is 75.3 Å². The van der Waals surface area contributed by atoms with Gasteiger partial charge >= 0.3 is 0 Å². The molecule has 0 aliphatic heterocycles. The molecule has 0 atom stereocenters. The highest BCUT2D eigenvalue weighted by Gasteiger charge is 2.03. The minimum atomic E-state index is 0. The van der Waals surface area contributed by atoms with E-state index in [4.69, 9.17) is 4.52 Å². The Hall–Kier alpha value is -1.12. The molecule has 0 amide bonds. The molecule has 0 unspecified atom stereocenters. The van der Waals surface area contributed by atoms with Crippen LogP contribution in [0, 0.1) is 6.92 Å². The summed E-state index contributed by atoms with van der Waals surface area (Å²) >= 11 is 0. The van der Waals surface area contributed by atoms with Gasteiger partial charge in [0.2, 0.25) is 5.89 Å². The lowest BCUT2D eigenvalue weighted by atomic mass is 10.2. The third kappa shape index (κ3) is 9.43. The molecule has 0 aromatic carbocycles. The molecule has 1 aromatic heterocycles. The first-order valence-corrected chi connectivity index (χ1v) is 7.18. The molecule has 1 heterocycles. The van der Waals surface area contributed by atoms with E-state index in [1.807, 2.05) is 13.0 Å². The number of nitrogens with one attached hydrogen (secondary N) is 2. The second-order valence-corrected chi connectivity index (χ2v) is 4.52. The van der Waals surface area contributed by atoms with Crippen molar-refractivity contribution < 1.29 is 4.52 Å². The fourth-order valence-electron chi connectivity index (χ4n) is 1.63. The van der Waals surface area contributed by atoms with Gasteiger partial charge in [0.15, 0.2) is 11.8 Å². The van der Waals surface area contributed by atoms with Crippen LogP contribution in [0.3, 0.4) is 0 Å². The molecule has 0 saturated heterocycles. The predicted molar refractivity (Wildman–Crippen MR) is 96.2 cm³/mol. The molecule has 0 fully saturated rings. The van der Waals surface area contributed by atoms with Gasteiger partial charge in [0.1, 0.15) is 0 Å². The molecular formula is C14H26IN5O. The number of guanidine groups is 1. The highest BCUT2D eigenvalue weighted by molar-refractivity contribution is 14.0. The smallest absolute Gasteiger partial charge is 0.228 e. The van der Waals surface area contributed by atoms with E-state index in [2.05, 4.69) is 39.3 Å². The van der Waals surface area contributed by atoms with E-state index in [0.29, 0.717) is 31.2 Å². The molecule has 0 aliphatic carbocycles. The van der Waals surface area contributed by atoms with Gasteiger partial charge in [-0.3, -0.25) is 4.99 Å². The lowest BCUT2D eigenvalue weighted by molar-refractivity contribution is 0.374. The van der Waals surface area contributed by atoms with Crippen molar-refractivity contribution in [3.63, 3.8) is 0 Å². The maximum absolute atomic E-state index is 5.06. The molecule has 1 rings (SSSR count). The van der Waals surface area contributed by atoms with Gasteiger partial charge in [-0.15, -0.1) is 30.6 Å². The second kappa shape index (κ2) is 12.6. The van der Waals surface area contributed by atoms with E-state index in [9.17, 15) is 0 Å². The van der Waals surface area contributed by atoms with Crippen LogP contribution in [0.5, 0.6) is 0 Å². The number of hydrogen-bond donors (Lipinski definition) is 2. The van der Waals surface area contributed by atoms with E-state index in [-0.39, 0.29) is 24.0 Å². The van der Waals surface area contributed by atoms with Gasteiger partial charge in [0.05, 0.1) is 0 Å². The van der Waals surface area contributed by atoms with Gasteiger partial charge in [0.25, 0.3) is 0 Å². The molecule has 6 nitrogen and oxygen atoms in total. The Kier molecular flexibility index (Phi) is 11.9. The van der Waals surface area contributed by atoms with E-state index in [1.54, 1.807) is 0 Å². The Morgan fingerprint density at radius 3 is 2.81 bits per heavy atom. The Labute approximate surface area is 143 Å². The van der Waals surface area contributed by atoms with Crippen LogP contribution in [0.4, 0.5) is 0 Å². The summed E-state index contributed by atoms with van der Waals surface area (Å²) in [7, 11) is 0. The lowest BCUT2D eigenvalue weighted by Crippen LogP contribution is -2.38. The second-order valence-electron chi connectivity index (χ2n) is 4.52. The minimum absolute atomic E-state index is 0. The van der Waals surface area contributed by atoms with Crippen LogP contribution in [0.1, 0.15) is 37.9 Å². The molecular weight excluding hydrogens is 381 g/mol. The van der Waals surface area contributed by atoms with E-state index in [0.717, 1.165) is 18.9 Å². The van der Waals surface area contributed by atoms with Crippen LogP contribution >= 0.6 is 24.0 Å². The standard InChI is InChI=1S/C14H25N5O.HI/c1-4-6-7-10-16-14(15-9-5-2)17-11-8-13-18-12(3)19-20-13;/h5H,2,4,6-11H2,1,3H3,(H2,15,16,17);1H. The molecule has 0 aliphatic rings. The molecule has 0 saturated carbocycles. The lowest BCUT2D eigenvalue weighted by Gasteiger charge is -2.10. The number of aromatic nitrogens is 2. The zero-order valence-electron chi connectivity index (χ0n) is 12.9. The fraction of sp³-hybridized carbons (Fsp3) is 0.643. The first kappa shape index (κ1) is 19.9. The normalized spacial score (nSPS) is 10.9. The third-order valence-electron chi connectivity index (χ3n) is 2.65. The first-order valence-electron chi connectivity index (χ1n) is 7.18. The van der Waals surface area contributed by atoms with Crippen LogP contribution in [0.25, 0.3) is 0 Å². The van der Waals surface area contributed by atoms with Crippen LogP contribution in [0.2, 0.25) is 0 Å². The van der Waals surface area contributed by atoms with Gasteiger partial charge in [-0.1, -0.05) is 31.0 Å². The van der Waals surface area contributed by atoms with Crippen molar-refractivity contribution in [3.05, 3.63) is 24.4 Å². The molecule has 7 heteroatoms. The Balaban J connectivity index is 0.00000400. The molecule has 120 valence electrons. The van der Waals surface area contributed by atoms with Gasteiger partial charge < -0.3 is 15.2 Å². The number of nitrogens with zero attached hydrogens (tertiary/aromatic N) is 3. The SMILES string of the molecule is C=CCNC(=NCCCCC)NCCc1nc(C)no1.I. The number of halogens is 1. The van der Waals surface area contributed by atoms with Gasteiger partial charge in [0, 0.05) is 26.1 Å². The zero-order chi connectivity index (χ0) is 14.6. The van der Waals surface area contributed by atoms with E-state index >= 15 is 0 Å². The monoisotopic (exact) mass is 407 g/mol. The van der Waals surface area contributed by atoms with Crippen molar-refractivity contribution in [2.75, 3.05) is 19.6 Å². The summed E-state index contributed by atoms with van der Waals surface area (Å²) in [6.07, 6.45) is 6.02. The zero-order valence-corrected chi connectivity index (χ0v) is 15.2. The number of aliphatic imine (C=N–C) groups is 1. The molecule has 0 bridgehead atoms. The summed E-state index contributed by atoms with van der Waals surface area (Å²) in [5, 5.41) is 10.2. The van der Waals surface area contributed by atoms with Crippen molar-refractivity contribution >= 4 is 29.9 Å². The van der Waals surface area contributed by atoms with Crippen molar-refractivity contribution in [1.29, 1.82) is 0 Å². The number of hydrogen-bond acceptors (Lipinski definition) is 4. The minimum Gasteiger partial charge on any atom is -0.356 e. The summed E-state index contributed by atoms with van der Waals surface area (Å²) in [5.74, 6) is 2.11. The maximum Gasteiger partial charge on any atom is 0.228 e. The van der Waals surface area contributed by atoms with Crippen molar-refractivity contribution in [2.24, 2.45) is 4.99 Å². The Morgan fingerprint density at radius 2 is 2.19 bits per heavy atom. The van der Waals surface area contributed by atoms with Crippen LogP contribution in [0.15, 0.2) is 22.2 Å². The van der Waals surface area contributed by atoms with Crippen LogP contribution < -0.4 is 10.6 Å². The molecule has 0 radical (unpaired) electrons. The summed E-state index contributed by atoms with van der Waals surface area (Å²) in [6.45, 7) is 9.93. The average Bonchev–Trinajstić information content (AvgIpc) is 2.85. The average molecular weight is 407 g/mol. The molecule has 21 heavy (non-hydrogen) atoms. The highest BCUT2D eigenvalue weighted by atomic mass is 127. The van der Waals surface area contributed by atoms with Crippen molar-refractivity contribution in [1.82, 2.24) is 20.8 Å². The quantitative estimate of drug-likeness (QED) is 0.216. The molecule has 2 N–H and O–H groups in total. The van der Waals surface area contributed by atoms with Crippen molar-refractivity contribution in [3.8, 4) is 0 Å². The first-order chi connectivity index (χ1) is 9.76. The summed E-state index contributed by atoms with van der Waals surface area (Å²) in [4.78, 5) is 8.68. The summed E-state index contributed by atoms with van der Waals surface area (Å²) in [5.41, 5.74) is 0. The summed E-state index contributed by atoms with van der Waals surface area (Å²) in [6, 6.07) is 0. The number of rotatable bonds is 9. The van der Waals surface area contributed by atoms with Crippen LogP contribution in [-0.4, -0.2) is 35.7 Å². The summed E-state index contributed by atoms with van der Waals surface area (Å²) < 4.78 is 5.06. The number of aryl methyl sites for hydroxylation is 1. The number of unbranched alkanes of at least 4 members (excludes halogenated alkanes) is 2. The van der Waals surface area contributed by atoms with E-state index in [1.165, 1.54) is 12.8 Å². The van der Waals surface area contributed by atoms with Gasteiger partial charge in [-0.05, 0) is 13.3 Å². The maximum atomic E-state index is 5.06. The van der Waals surface area contributed by atoms with Crippen molar-refractivity contribution in [2.45, 2.75) is 39.5 Å². The largest absolute Gasteiger partial charge is 0.356 e. The molecule has 0 spiro atoms. The Morgan fingerprint density at radius 1 is 1.38 bits per heavy atom.